The molecule has 3 heteroatoms. The molecule has 0 saturated carbocycles. The highest BCUT2D eigenvalue weighted by Crippen LogP contribution is 2.32. The van der Waals surface area contributed by atoms with E-state index in [2.05, 4.69) is 0 Å². The second-order valence-corrected chi connectivity index (χ2v) is 4.76. The van der Waals surface area contributed by atoms with Crippen molar-refractivity contribution in [2.24, 2.45) is 0 Å². The minimum atomic E-state index is -0.809. The summed E-state index contributed by atoms with van der Waals surface area (Å²) < 4.78 is 5.69. The highest BCUT2D eigenvalue weighted by atomic mass is 16.5. The summed E-state index contributed by atoms with van der Waals surface area (Å²) in [5.74, 6) is 0. The fraction of sp³-hybridized carbons (Fsp3) is 1.00. The van der Waals surface area contributed by atoms with Crippen LogP contribution >= 0.6 is 0 Å². The molecule has 0 radical (unpaired) electrons. The summed E-state index contributed by atoms with van der Waals surface area (Å²) >= 11 is 0. The van der Waals surface area contributed by atoms with Gasteiger partial charge in [0.1, 0.15) is 0 Å². The lowest BCUT2D eigenvalue weighted by Crippen LogP contribution is -2.49. The number of hydrogen-bond acceptors (Lipinski definition) is 3. The molecule has 2 N–H and O–H groups in total. The lowest BCUT2D eigenvalue weighted by molar-refractivity contribution is -0.195. The highest BCUT2D eigenvalue weighted by Gasteiger charge is 2.38. The molecule has 1 saturated heterocycles. The van der Waals surface area contributed by atoms with Crippen LogP contribution < -0.4 is 0 Å². The van der Waals surface area contributed by atoms with Gasteiger partial charge >= 0.3 is 0 Å². The summed E-state index contributed by atoms with van der Waals surface area (Å²) in [6.45, 7) is 5.42. The summed E-state index contributed by atoms with van der Waals surface area (Å²) in [5, 5.41) is 18.9. The van der Waals surface area contributed by atoms with Crippen LogP contribution in [0.3, 0.4) is 0 Å². The zero-order valence-electron chi connectivity index (χ0n) is 8.71. The van der Waals surface area contributed by atoms with Gasteiger partial charge in [-0.1, -0.05) is 0 Å². The van der Waals surface area contributed by atoms with E-state index < -0.39 is 11.2 Å². The molecular weight excluding hydrogens is 168 g/mol. The summed E-state index contributed by atoms with van der Waals surface area (Å²) in [6.07, 6.45) is 2.60. The molecule has 1 heterocycles. The van der Waals surface area contributed by atoms with Crippen LogP contribution in [0.5, 0.6) is 0 Å². The van der Waals surface area contributed by atoms with Gasteiger partial charge in [0.25, 0.3) is 0 Å². The molecule has 0 aromatic carbocycles. The molecule has 0 aliphatic carbocycles. The number of aliphatic hydroxyl groups is 2. The average molecular weight is 188 g/mol. The SMILES string of the molecule is CC(C)(O)[C@H]1CCC[C@](C)(CO)O1. The molecule has 1 rings (SSSR count). The summed E-state index contributed by atoms with van der Waals surface area (Å²) in [5.41, 5.74) is -1.26. The molecule has 0 bridgehead atoms. The van der Waals surface area contributed by atoms with Crippen LogP contribution in [0.2, 0.25) is 0 Å². The number of hydrogen-bond donors (Lipinski definition) is 2. The van der Waals surface area contributed by atoms with Gasteiger partial charge in [0.05, 0.1) is 23.9 Å². The van der Waals surface area contributed by atoms with Crippen molar-refractivity contribution in [3.05, 3.63) is 0 Å². The zero-order chi connectivity index (χ0) is 10.1. The summed E-state index contributed by atoms with van der Waals surface area (Å²) in [4.78, 5) is 0. The molecule has 0 aromatic rings. The number of ether oxygens (including phenoxy) is 1. The first-order chi connectivity index (χ1) is 5.87. The molecule has 0 unspecified atom stereocenters. The van der Waals surface area contributed by atoms with Crippen molar-refractivity contribution in [1.29, 1.82) is 0 Å². The Morgan fingerprint density at radius 1 is 1.54 bits per heavy atom. The third-order valence-electron chi connectivity index (χ3n) is 2.72. The largest absolute Gasteiger partial charge is 0.393 e. The smallest absolute Gasteiger partial charge is 0.0889 e. The van der Waals surface area contributed by atoms with Crippen LogP contribution in [0.4, 0.5) is 0 Å². The second kappa shape index (κ2) is 3.56. The standard InChI is InChI=1S/C10H20O3/c1-9(2,12)8-5-4-6-10(3,7-11)13-8/h8,11-12H,4-7H2,1-3H3/t8-,10-/m1/s1. The van der Waals surface area contributed by atoms with E-state index in [1.807, 2.05) is 6.92 Å². The molecule has 1 fully saturated rings. The van der Waals surface area contributed by atoms with Crippen LogP contribution in [0, 0.1) is 0 Å². The Hall–Kier alpha value is -0.120. The third-order valence-corrected chi connectivity index (χ3v) is 2.72. The fourth-order valence-corrected chi connectivity index (χ4v) is 1.74. The molecule has 0 spiro atoms. The second-order valence-electron chi connectivity index (χ2n) is 4.76. The van der Waals surface area contributed by atoms with Crippen molar-refractivity contribution in [3.63, 3.8) is 0 Å². The molecule has 3 nitrogen and oxygen atoms in total. The highest BCUT2D eigenvalue weighted by molar-refractivity contribution is 4.88. The van der Waals surface area contributed by atoms with Gasteiger partial charge in [0.2, 0.25) is 0 Å². The van der Waals surface area contributed by atoms with Crippen molar-refractivity contribution in [3.8, 4) is 0 Å². The van der Waals surface area contributed by atoms with Gasteiger partial charge in [-0.3, -0.25) is 0 Å². The van der Waals surface area contributed by atoms with E-state index in [0.717, 1.165) is 19.3 Å². The maximum absolute atomic E-state index is 9.76. The van der Waals surface area contributed by atoms with Crippen molar-refractivity contribution in [2.45, 2.75) is 57.3 Å². The minimum absolute atomic E-state index is 0.0274. The van der Waals surface area contributed by atoms with Crippen molar-refractivity contribution < 1.29 is 14.9 Å². The first-order valence-electron chi connectivity index (χ1n) is 4.88. The quantitative estimate of drug-likeness (QED) is 0.681. The van der Waals surface area contributed by atoms with Gasteiger partial charge in [-0.25, -0.2) is 0 Å². The van der Waals surface area contributed by atoms with E-state index in [9.17, 15) is 5.11 Å². The van der Waals surface area contributed by atoms with E-state index in [1.54, 1.807) is 13.8 Å². The first kappa shape index (κ1) is 11.0. The van der Waals surface area contributed by atoms with Crippen molar-refractivity contribution in [1.82, 2.24) is 0 Å². The van der Waals surface area contributed by atoms with Gasteiger partial charge in [-0.2, -0.15) is 0 Å². The van der Waals surface area contributed by atoms with Gasteiger partial charge < -0.3 is 14.9 Å². The Morgan fingerprint density at radius 2 is 2.15 bits per heavy atom. The predicted octanol–water partition coefficient (Wildman–Crippen LogP) is 1.08. The predicted molar refractivity (Wildman–Crippen MR) is 50.5 cm³/mol. The van der Waals surface area contributed by atoms with E-state index in [-0.39, 0.29) is 12.7 Å². The maximum Gasteiger partial charge on any atom is 0.0889 e. The third kappa shape index (κ3) is 2.66. The first-order valence-corrected chi connectivity index (χ1v) is 4.88. The van der Waals surface area contributed by atoms with Crippen LogP contribution in [0.15, 0.2) is 0 Å². The molecular formula is C10H20O3. The van der Waals surface area contributed by atoms with Crippen molar-refractivity contribution >= 4 is 0 Å². The molecule has 13 heavy (non-hydrogen) atoms. The summed E-state index contributed by atoms with van der Waals surface area (Å²) in [7, 11) is 0. The van der Waals surface area contributed by atoms with Gasteiger partial charge in [-0.15, -0.1) is 0 Å². The summed E-state index contributed by atoms with van der Waals surface area (Å²) in [6, 6.07) is 0. The Kier molecular flexibility index (Phi) is 3.00. The zero-order valence-corrected chi connectivity index (χ0v) is 8.71. The van der Waals surface area contributed by atoms with Crippen LogP contribution in [-0.4, -0.2) is 34.1 Å². The monoisotopic (exact) mass is 188 g/mol. The number of aliphatic hydroxyl groups excluding tert-OH is 1. The Bertz CT molecular complexity index is 173. The number of rotatable bonds is 2. The average Bonchev–Trinajstić information content (AvgIpc) is 2.03. The van der Waals surface area contributed by atoms with E-state index in [1.165, 1.54) is 0 Å². The Balaban J connectivity index is 2.62. The molecule has 2 atom stereocenters. The van der Waals surface area contributed by atoms with Crippen LogP contribution in [-0.2, 0) is 4.74 Å². The van der Waals surface area contributed by atoms with E-state index >= 15 is 0 Å². The molecule has 1 aliphatic rings. The topological polar surface area (TPSA) is 49.7 Å². The Morgan fingerprint density at radius 3 is 2.62 bits per heavy atom. The maximum atomic E-state index is 9.76. The minimum Gasteiger partial charge on any atom is -0.393 e. The van der Waals surface area contributed by atoms with Gasteiger partial charge in [-0.05, 0) is 40.0 Å². The molecule has 0 aromatic heterocycles. The lowest BCUT2D eigenvalue weighted by atomic mass is 9.88. The molecule has 1 aliphatic heterocycles. The van der Waals surface area contributed by atoms with Crippen LogP contribution in [0.25, 0.3) is 0 Å². The van der Waals surface area contributed by atoms with E-state index in [4.69, 9.17) is 9.84 Å². The van der Waals surface area contributed by atoms with Crippen LogP contribution in [0.1, 0.15) is 40.0 Å². The van der Waals surface area contributed by atoms with Gasteiger partial charge in [0, 0.05) is 0 Å². The Labute approximate surface area is 79.7 Å². The molecule has 0 amide bonds. The normalized spacial score (nSPS) is 36.2. The van der Waals surface area contributed by atoms with E-state index in [0.29, 0.717) is 0 Å². The van der Waals surface area contributed by atoms with Gasteiger partial charge in [0.15, 0.2) is 0 Å². The van der Waals surface area contributed by atoms with Crippen molar-refractivity contribution in [2.75, 3.05) is 6.61 Å². The molecule has 78 valence electrons. The fourth-order valence-electron chi connectivity index (χ4n) is 1.74. The lowest BCUT2D eigenvalue weighted by Gasteiger charge is -2.42.